The molecule has 0 fully saturated rings. The van der Waals surface area contributed by atoms with Crippen molar-refractivity contribution < 1.29 is 4.79 Å². The monoisotopic (exact) mass is 322 g/mol. The van der Waals surface area contributed by atoms with Gasteiger partial charge in [0, 0.05) is 23.2 Å². The molecule has 2 heterocycles. The summed E-state index contributed by atoms with van der Waals surface area (Å²) in [7, 11) is 0. The molecule has 7 heteroatoms. The zero-order valence-corrected chi connectivity index (χ0v) is 14.1. The number of carbonyl (C=O) groups excluding carboxylic acids is 1. The van der Waals surface area contributed by atoms with Crippen molar-refractivity contribution in [3.05, 3.63) is 33.5 Å². The van der Waals surface area contributed by atoms with Crippen molar-refractivity contribution in [2.45, 2.75) is 38.4 Å². The third-order valence-corrected chi connectivity index (χ3v) is 4.92. The standard InChI is InChI=1S/C14H18N4OS2/c1-8(2)13-18-9(3)11(21-13)7-15-12(19)10-5-16-14(20-4)17-6-10/h5-6,8H,7H2,1-4H3,(H,15,19). The van der Waals surface area contributed by atoms with Crippen LogP contribution in [-0.4, -0.2) is 27.1 Å². The minimum atomic E-state index is -0.165. The summed E-state index contributed by atoms with van der Waals surface area (Å²) in [4.78, 5) is 25.9. The van der Waals surface area contributed by atoms with Gasteiger partial charge in [0.1, 0.15) is 0 Å². The summed E-state index contributed by atoms with van der Waals surface area (Å²) in [6.07, 6.45) is 4.99. The van der Waals surface area contributed by atoms with Gasteiger partial charge < -0.3 is 5.32 Å². The number of hydrogen-bond acceptors (Lipinski definition) is 6. The third-order valence-electron chi connectivity index (χ3n) is 2.89. The number of carbonyl (C=O) groups is 1. The van der Waals surface area contributed by atoms with Gasteiger partial charge in [-0.15, -0.1) is 11.3 Å². The van der Waals surface area contributed by atoms with Crippen LogP contribution in [0.4, 0.5) is 0 Å². The van der Waals surface area contributed by atoms with Crippen molar-refractivity contribution in [1.29, 1.82) is 0 Å². The van der Waals surface area contributed by atoms with Gasteiger partial charge in [-0.2, -0.15) is 0 Å². The minimum absolute atomic E-state index is 0.165. The molecular formula is C14H18N4OS2. The Hall–Kier alpha value is -1.47. The normalized spacial score (nSPS) is 10.9. The summed E-state index contributed by atoms with van der Waals surface area (Å²) in [6, 6.07) is 0. The van der Waals surface area contributed by atoms with Crippen molar-refractivity contribution in [1.82, 2.24) is 20.3 Å². The Morgan fingerprint density at radius 1 is 1.38 bits per heavy atom. The molecule has 0 atom stereocenters. The second-order valence-corrected chi connectivity index (χ2v) is 6.75. The van der Waals surface area contributed by atoms with Crippen LogP contribution < -0.4 is 5.32 Å². The van der Waals surface area contributed by atoms with Crippen LogP contribution in [0.5, 0.6) is 0 Å². The Bertz CT molecular complexity index is 622. The van der Waals surface area contributed by atoms with Gasteiger partial charge in [0.25, 0.3) is 5.91 Å². The zero-order chi connectivity index (χ0) is 15.4. The lowest BCUT2D eigenvalue weighted by Crippen LogP contribution is -2.23. The number of rotatable bonds is 5. The van der Waals surface area contributed by atoms with Crippen LogP contribution >= 0.6 is 23.1 Å². The van der Waals surface area contributed by atoms with Gasteiger partial charge in [-0.25, -0.2) is 15.0 Å². The molecule has 0 bridgehead atoms. The van der Waals surface area contributed by atoms with Crippen LogP contribution in [0.3, 0.4) is 0 Å². The highest BCUT2D eigenvalue weighted by Crippen LogP contribution is 2.24. The molecule has 0 aliphatic rings. The maximum Gasteiger partial charge on any atom is 0.254 e. The molecule has 0 saturated carbocycles. The van der Waals surface area contributed by atoms with E-state index in [0.29, 0.717) is 23.2 Å². The number of nitrogens with one attached hydrogen (secondary N) is 1. The van der Waals surface area contributed by atoms with Crippen molar-refractivity contribution in [2.75, 3.05) is 6.26 Å². The van der Waals surface area contributed by atoms with Crippen LogP contribution in [0.1, 0.15) is 45.7 Å². The Morgan fingerprint density at radius 2 is 2.05 bits per heavy atom. The van der Waals surface area contributed by atoms with Gasteiger partial charge in [-0.05, 0) is 13.2 Å². The Balaban J connectivity index is 2.00. The van der Waals surface area contributed by atoms with E-state index >= 15 is 0 Å². The first-order chi connectivity index (χ1) is 10.0. The Morgan fingerprint density at radius 3 is 2.57 bits per heavy atom. The molecule has 1 N–H and O–H groups in total. The lowest BCUT2D eigenvalue weighted by molar-refractivity contribution is 0.0950. The lowest BCUT2D eigenvalue weighted by Gasteiger charge is -2.04. The van der Waals surface area contributed by atoms with Crippen molar-refractivity contribution in [2.24, 2.45) is 0 Å². The summed E-state index contributed by atoms with van der Waals surface area (Å²) in [5.41, 5.74) is 1.46. The predicted octanol–water partition coefficient (Wildman–Crippen LogP) is 3.02. The molecule has 2 rings (SSSR count). The van der Waals surface area contributed by atoms with E-state index in [-0.39, 0.29) is 5.91 Å². The van der Waals surface area contributed by atoms with Crippen molar-refractivity contribution >= 4 is 29.0 Å². The second kappa shape index (κ2) is 7.00. The molecule has 0 aromatic carbocycles. The molecular weight excluding hydrogens is 304 g/mol. The summed E-state index contributed by atoms with van der Waals surface area (Å²) < 4.78 is 0. The quantitative estimate of drug-likeness (QED) is 0.677. The molecule has 2 aromatic heterocycles. The lowest BCUT2D eigenvalue weighted by atomic mass is 10.2. The molecule has 0 aliphatic carbocycles. The van der Waals surface area contributed by atoms with Gasteiger partial charge in [0.2, 0.25) is 0 Å². The number of thiazole rings is 1. The van der Waals surface area contributed by atoms with Crippen LogP contribution in [0.25, 0.3) is 0 Å². The minimum Gasteiger partial charge on any atom is -0.347 e. The number of hydrogen-bond donors (Lipinski definition) is 1. The first kappa shape index (κ1) is 15.9. The van der Waals surface area contributed by atoms with Gasteiger partial charge in [-0.1, -0.05) is 25.6 Å². The van der Waals surface area contributed by atoms with E-state index in [1.807, 2.05) is 13.2 Å². The van der Waals surface area contributed by atoms with Gasteiger partial charge in [0.15, 0.2) is 5.16 Å². The average Bonchev–Trinajstić information content (AvgIpc) is 2.86. The average molecular weight is 322 g/mol. The Kier molecular flexibility index (Phi) is 5.30. The summed E-state index contributed by atoms with van der Waals surface area (Å²) in [5.74, 6) is 0.243. The number of amides is 1. The molecule has 1 amide bonds. The highest BCUT2D eigenvalue weighted by molar-refractivity contribution is 7.98. The smallest absolute Gasteiger partial charge is 0.254 e. The van der Waals surface area contributed by atoms with E-state index in [9.17, 15) is 4.79 Å². The topological polar surface area (TPSA) is 67.8 Å². The van der Waals surface area contributed by atoms with E-state index in [0.717, 1.165) is 15.6 Å². The van der Waals surface area contributed by atoms with Crippen molar-refractivity contribution in [3.63, 3.8) is 0 Å². The van der Waals surface area contributed by atoms with E-state index in [2.05, 4.69) is 34.1 Å². The van der Waals surface area contributed by atoms with Crippen LogP contribution in [0.15, 0.2) is 17.6 Å². The van der Waals surface area contributed by atoms with Gasteiger partial charge in [-0.3, -0.25) is 4.79 Å². The third kappa shape index (κ3) is 4.01. The first-order valence-electron chi connectivity index (χ1n) is 6.61. The van der Waals surface area contributed by atoms with Gasteiger partial charge in [0.05, 0.1) is 22.8 Å². The SMILES string of the molecule is CSc1ncc(C(=O)NCc2sc(C(C)C)nc2C)cn1. The largest absolute Gasteiger partial charge is 0.347 e. The molecule has 0 unspecified atom stereocenters. The number of aromatic nitrogens is 3. The molecule has 0 saturated heterocycles. The molecule has 112 valence electrons. The van der Waals surface area contributed by atoms with Crippen molar-refractivity contribution in [3.8, 4) is 0 Å². The zero-order valence-electron chi connectivity index (χ0n) is 12.5. The highest BCUT2D eigenvalue weighted by Gasteiger charge is 2.12. The van der Waals surface area contributed by atoms with Crippen LogP contribution in [0.2, 0.25) is 0 Å². The highest BCUT2D eigenvalue weighted by atomic mass is 32.2. The fourth-order valence-corrected chi connectivity index (χ4v) is 2.99. The molecule has 0 radical (unpaired) electrons. The second-order valence-electron chi connectivity index (χ2n) is 4.86. The maximum atomic E-state index is 12.1. The fraction of sp³-hybridized carbons (Fsp3) is 0.429. The van der Waals surface area contributed by atoms with Crippen LogP contribution in [0, 0.1) is 6.92 Å². The van der Waals surface area contributed by atoms with Crippen LogP contribution in [-0.2, 0) is 6.54 Å². The van der Waals surface area contributed by atoms with Gasteiger partial charge >= 0.3 is 0 Å². The first-order valence-corrected chi connectivity index (χ1v) is 8.65. The molecule has 2 aromatic rings. The summed E-state index contributed by atoms with van der Waals surface area (Å²) in [6.45, 7) is 6.69. The molecule has 21 heavy (non-hydrogen) atoms. The van der Waals surface area contributed by atoms with E-state index in [4.69, 9.17) is 0 Å². The van der Waals surface area contributed by atoms with E-state index in [1.54, 1.807) is 23.7 Å². The summed E-state index contributed by atoms with van der Waals surface area (Å²) >= 11 is 3.10. The Labute approximate surface area is 132 Å². The fourth-order valence-electron chi connectivity index (χ4n) is 1.66. The molecule has 0 spiro atoms. The number of nitrogens with zero attached hydrogens (tertiary/aromatic N) is 3. The molecule has 5 nitrogen and oxygen atoms in total. The summed E-state index contributed by atoms with van der Waals surface area (Å²) in [5, 5.41) is 4.65. The van der Waals surface area contributed by atoms with E-state index in [1.165, 1.54) is 11.8 Å². The number of thioether (sulfide) groups is 1. The molecule has 0 aliphatic heterocycles. The predicted molar refractivity (Wildman–Crippen MR) is 85.9 cm³/mol. The maximum absolute atomic E-state index is 12.1. The van der Waals surface area contributed by atoms with E-state index < -0.39 is 0 Å². The number of aryl methyl sites for hydroxylation is 1.